The molecule has 0 aromatic heterocycles. The van der Waals surface area contributed by atoms with Crippen molar-refractivity contribution >= 4 is 28.6 Å². The number of carbonyl (C=O) groups is 1. The van der Waals surface area contributed by atoms with Crippen molar-refractivity contribution in [2.75, 3.05) is 0 Å². The van der Waals surface area contributed by atoms with E-state index in [-0.39, 0.29) is 12.6 Å². The molecular weight excluding hydrogens is 533 g/mol. The highest BCUT2D eigenvalue weighted by Gasteiger charge is 2.28. The first-order chi connectivity index (χ1) is 16.7. The van der Waals surface area contributed by atoms with E-state index in [1.54, 1.807) is 0 Å². The quantitative estimate of drug-likeness (QED) is 0.161. The van der Waals surface area contributed by atoms with Gasteiger partial charge in [-0.05, 0) is 63.4 Å². The first-order valence-corrected chi connectivity index (χ1v) is 12.5. The number of nitrogens with zero attached hydrogens (tertiary/aromatic N) is 1. The highest BCUT2D eigenvalue weighted by Crippen LogP contribution is 2.20. The number of benzene rings is 4. The molecule has 4 heteroatoms. The SMILES string of the molecule is O=C(OCc1ccccc1)[C@H](Cc1ccc(I)cc1)N(Cc1ccccc1)Cc1ccccc1. The summed E-state index contributed by atoms with van der Waals surface area (Å²) >= 11 is 2.30. The van der Waals surface area contributed by atoms with Crippen LogP contribution in [-0.2, 0) is 35.6 Å². The zero-order valence-electron chi connectivity index (χ0n) is 19.0. The molecule has 0 heterocycles. The second kappa shape index (κ2) is 12.5. The Morgan fingerprint density at radius 2 is 1.12 bits per heavy atom. The summed E-state index contributed by atoms with van der Waals surface area (Å²) in [6, 6.07) is 38.4. The van der Waals surface area contributed by atoms with Gasteiger partial charge in [-0.15, -0.1) is 0 Å². The summed E-state index contributed by atoms with van der Waals surface area (Å²) in [6.45, 7) is 1.59. The van der Waals surface area contributed by atoms with Crippen LogP contribution in [0, 0.1) is 3.57 Å². The molecule has 0 saturated carbocycles. The van der Waals surface area contributed by atoms with Crippen LogP contribution in [0.5, 0.6) is 0 Å². The minimum atomic E-state index is -0.413. The van der Waals surface area contributed by atoms with Crippen LogP contribution in [0.15, 0.2) is 115 Å². The molecule has 0 fully saturated rings. The largest absolute Gasteiger partial charge is 0.460 e. The van der Waals surface area contributed by atoms with Crippen LogP contribution in [0.4, 0.5) is 0 Å². The monoisotopic (exact) mass is 561 g/mol. The van der Waals surface area contributed by atoms with Gasteiger partial charge in [0.2, 0.25) is 0 Å². The van der Waals surface area contributed by atoms with Gasteiger partial charge in [-0.25, -0.2) is 0 Å². The molecule has 0 amide bonds. The fourth-order valence-electron chi connectivity index (χ4n) is 3.94. The molecule has 0 N–H and O–H groups in total. The van der Waals surface area contributed by atoms with Crippen molar-refractivity contribution in [1.82, 2.24) is 4.90 Å². The molecule has 0 aliphatic rings. The van der Waals surface area contributed by atoms with Gasteiger partial charge in [-0.2, -0.15) is 0 Å². The van der Waals surface area contributed by atoms with Crippen LogP contribution >= 0.6 is 22.6 Å². The third kappa shape index (κ3) is 7.27. The van der Waals surface area contributed by atoms with Gasteiger partial charge in [0.05, 0.1) is 0 Å². The molecule has 1 atom stereocenters. The predicted molar refractivity (Wildman–Crippen MR) is 145 cm³/mol. The number of hydrogen-bond donors (Lipinski definition) is 0. The Kier molecular flexibility index (Phi) is 8.88. The van der Waals surface area contributed by atoms with Crippen LogP contribution in [0.1, 0.15) is 22.3 Å². The van der Waals surface area contributed by atoms with Gasteiger partial charge in [0.25, 0.3) is 0 Å². The predicted octanol–water partition coefficient (Wildman–Crippen LogP) is 6.65. The number of halogens is 1. The van der Waals surface area contributed by atoms with E-state index in [2.05, 4.69) is 76.0 Å². The van der Waals surface area contributed by atoms with Crippen molar-refractivity contribution in [1.29, 1.82) is 0 Å². The second-order valence-corrected chi connectivity index (χ2v) is 9.56. The maximum Gasteiger partial charge on any atom is 0.324 e. The molecular formula is C30H28INO2. The molecule has 0 spiro atoms. The molecule has 0 saturated heterocycles. The Bertz CT molecular complexity index is 1110. The van der Waals surface area contributed by atoms with E-state index in [1.807, 2.05) is 66.7 Å². The average molecular weight is 561 g/mol. The van der Waals surface area contributed by atoms with Crippen LogP contribution in [-0.4, -0.2) is 16.9 Å². The lowest BCUT2D eigenvalue weighted by Gasteiger charge is -2.31. The number of rotatable bonds is 10. The van der Waals surface area contributed by atoms with Gasteiger partial charge in [-0.3, -0.25) is 9.69 Å². The normalized spacial score (nSPS) is 11.8. The molecule has 0 radical (unpaired) electrons. The first-order valence-electron chi connectivity index (χ1n) is 11.4. The topological polar surface area (TPSA) is 29.5 Å². The Hall–Kier alpha value is -2.96. The molecule has 4 aromatic rings. The fourth-order valence-corrected chi connectivity index (χ4v) is 4.30. The molecule has 3 nitrogen and oxygen atoms in total. The van der Waals surface area contributed by atoms with E-state index in [4.69, 9.17) is 4.74 Å². The summed E-state index contributed by atoms with van der Waals surface area (Å²) in [6.07, 6.45) is 0.588. The molecule has 4 rings (SSSR count). The standard InChI is InChI=1S/C30H28INO2/c31-28-18-16-24(17-19-28)20-29(30(33)34-23-27-14-8-3-9-15-27)32(21-25-10-4-1-5-11-25)22-26-12-6-2-7-13-26/h1-19,29H,20-23H2/t29-/m0/s1. The molecule has 0 aliphatic carbocycles. The summed E-state index contributed by atoms with van der Waals surface area (Å²) in [5.74, 6) is -0.200. The zero-order chi connectivity index (χ0) is 23.6. The maximum atomic E-state index is 13.5. The molecule has 0 aliphatic heterocycles. The fraction of sp³-hybridized carbons (Fsp3) is 0.167. The Morgan fingerprint density at radius 1 is 0.647 bits per heavy atom. The average Bonchev–Trinajstić information content (AvgIpc) is 2.88. The summed E-state index contributed by atoms with van der Waals surface area (Å²) in [5.41, 5.74) is 4.44. The molecule has 172 valence electrons. The lowest BCUT2D eigenvalue weighted by atomic mass is 10.0. The van der Waals surface area contributed by atoms with E-state index in [0.717, 1.165) is 11.1 Å². The van der Waals surface area contributed by atoms with E-state index in [0.29, 0.717) is 19.5 Å². The van der Waals surface area contributed by atoms with Gasteiger partial charge in [0.1, 0.15) is 12.6 Å². The Balaban J connectivity index is 1.61. The maximum absolute atomic E-state index is 13.5. The van der Waals surface area contributed by atoms with Gasteiger partial charge >= 0.3 is 5.97 Å². The third-order valence-corrected chi connectivity index (χ3v) is 6.46. The third-order valence-electron chi connectivity index (χ3n) is 5.74. The highest BCUT2D eigenvalue weighted by molar-refractivity contribution is 14.1. The molecule has 0 unspecified atom stereocenters. The summed E-state index contributed by atoms with van der Waals surface area (Å²) in [7, 11) is 0. The van der Waals surface area contributed by atoms with Crippen molar-refractivity contribution in [3.05, 3.63) is 141 Å². The van der Waals surface area contributed by atoms with Crippen molar-refractivity contribution in [2.45, 2.75) is 32.2 Å². The smallest absolute Gasteiger partial charge is 0.324 e. The van der Waals surface area contributed by atoms with E-state index < -0.39 is 6.04 Å². The van der Waals surface area contributed by atoms with Crippen molar-refractivity contribution < 1.29 is 9.53 Å². The molecule has 34 heavy (non-hydrogen) atoms. The number of ether oxygens (including phenoxy) is 1. The lowest BCUT2D eigenvalue weighted by Crippen LogP contribution is -2.43. The summed E-state index contributed by atoms with van der Waals surface area (Å²) < 4.78 is 7.04. The molecule has 4 aromatic carbocycles. The summed E-state index contributed by atoms with van der Waals surface area (Å²) in [4.78, 5) is 15.8. The molecule has 0 bridgehead atoms. The Labute approximate surface area is 215 Å². The van der Waals surface area contributed by atoms with Crippen LogP contribution in [0.3, 0.4) is 0 Å². The Morgan fingerprint density at radius 3 is 1.62 bits per heavy atom. The number of esters is 1. The van der Waals surface area contributed by atoms with Gasteiger partial charge in [-0.1, -0.05) is 103 Å². The number of carbonyl (C=O) groups excluding carboxylic acids is 1. The lowest BCUT2D eigenvalue weighted by molar-refractivity contribution is -0.152. The minimum Gasteiger partial charge on any atom is -0.460 e. The van der Waals surface area contributed by atoms with Crippen molar-refractivity contribution in [3.8, 4) is 0 Å². The van der Waals surface area contributed by atoms with E-state index >= 15 is 0 Å². The first kappa shape index (κ1) is 24.2. The number of hydrogen-bond acceptors (Lipinski definition) is 3. The van der Waals surface area contributed by atoms with Gasteiger partial charge < -0.3 is 4.74 Å². The van der Waals surface area contributed by atoms with Crippen LogP contribution < -0.4 is 0 Å². The van der Waals surface area contributed by atoms with Crippen LogP contribution in [0.2, 0.25) is 0 Å². The van der Waals surface area contributed by atoms with E-state index in [9.17, 15) is 4.79 Å². The van der Waals surface area contributed by atoms with Gasteiger partial charge in [0.15, 0.2) is 0 Å². The van der Waals surface area contributed by atoms with Crippen molar-refractivity contribution in [3.63, 3.8) is 0 Å². The highest BCUT2D eigenvalue weighted by atomic mass is 127. The van der Waals surface area contributed by atoms with Crippen LogP contribution in [0.25, 0.3) is 0 Å². The van der Waals surface area contributed by atoms with E-state index in [1.165, 1.54) is 14.7 Å². The minimum absolute atomic E-state index is 0.200. The second-order valence-electron chi connectivity index (χ2n) is 8.32. The summed E-state index contributed by atoms with van der Waals surface area (Å²) in [5, 5.41) is 0. The van der Waals surface area contributed by atoms with Gasteiger partial charge in [0, 0.05) is 16.7 Å². The van der Waals surface area contributed by atoms with Crippen molar-refractivity contribution in [2.24, 2.45) is 0 Å². The zero-order valence-corrected chi connectivity index (χ0v) is 21.2.